The Morgan fingerprint density at radius 3 is 2.69 bits per heavy atom. The van der Waals surface area contributed by atoms with E-state index in [4.69, 9.17) is 0 Å². The summed E-state index contributed by atoms with van der Waals surface area (Å²) in [6, 6.07) is 2.05. The molecule has 1 aromatic heterocycles. The number of pyridine rings is 1. The lowest BCUT2D eigenvalue weighted by atomic mass is 10.5. The zero-order valence-electron chi connectivity index (χ0n) is 6.23. The summed E-state index contributed by atoms with van der Waals surface area (Å²) in [6.45, 7) is -1.56. The minimum atomic E-state index is -4.50. The van der Waals surface area contributed by atoms with Gasteiger partial charge in [0.2, 0.25) is 0 Å². The van der Waals surface area contributed by atoms with E-state index in [1.54, 1.807) is 0 Å². The highest BCUT2D eigenvalue weighted by molar-refractivity contribution is 5.12. The Bertz CT molecular complexity index is 286. The zero-order valence-corrected chi connectivity index (χ0v) is 6.23. The molecule has 1 aromatic rings. The fraction of sp³-hybridized carbons (Fsp3) is 0.286. The second-order valence-corrected chi connectivity index (χ2v) is 2.13. The smallest absolute Gasteiger partial charge is 0.422 e. The van der Waals surface area contributed by atoms with Crippen molar-refractivity contribution in [3.63, 3.8) is 0 Å². The molecule has 0 aromatic carbocycles. The van der Waals surface area contributed by atoms with Crippen molar-refractivity contribution < 1.29 is 22.3 Å². The molecule has 71 valence electrons. The van der Waals surface area contributed by atoms with E-state index in [2.05, 4.69) is 15.9 Å². The summed E-state index contributed by atoms with van der Waals surface area (Å²) in [4.78, 5) is 3.16. The number of rotatable bonds is 2. The first-order valence-electron chi connectivity index (χ1n) is 3.21. The van der Waals surface area contributed by atoms with Gasteiger partial charge in [0.15, 0.2) is 12.4 Å². The van der Waals surface area contributed by atoms with Crippen LogP contribution in [-0.2, 0) is 0 Å². The van der Waals surface area contributed by atoms with E-state index in [0.29, 0.717) is 0 Å². The molecular formula is C7H4F4NO. The second-order valence-electron chi connectivity index (χ2n) is 2.13. The molecule has 1 rings (SSSR count). The number of halogens is 4. The summed E-state index contributed by atoms with van der Waals surface area (Å²) in [6.07, 6.45) is -2.34. The van der Waals surface area contributed by atoms with Crippen LogP contribution in [0.2, 0.25) is 0 Å². The second kappa shape index (κ2) is 3.59. The summed E-state index contributed by atoms with van der Waals surface area (Å²) >= 11 is 0. The van der Waals surface area contributed by atoms with Gasteiger partial charge >= 0.3 is 6.18 Å². The van der Waals surface area contributed by atoms with Crippen LogP contribution in [0.1, 0.15) is 0 Å². The maximum atomic E-state index is 12.6. The molecule has 6 heteroatoms. The number of nitrogens with zero attached hydrogens (tertiary/aromatic N) is 1. The van der Waals surface area contributed by atoms with E-state index < -0.39 is 24.5 Å². The van der Waals surface area contributed by atoms with Gasteiger partial charge in [0.1, 0.15) is 0 Å². The van der Waals surface area contributed by atoms with Crippen LogP contribution in [0.4, 0.5) is 17.6 Å². The van der Waals surface area contributed by atoms with E-state index in [-0.39, 0.29) is 0 Å². The molecule has 0 saturated heterocycles. The Kier molecular flexibility index (Phi) is 2.69. The third-order valence-corrected chi connectivity index (χ3v) is 1.05. The molecule has 0 spiro atoms. The van der Waals surface area contributed by atoms with Crippen molar-refractivity contribution in [2.24, 2.45) is 0 Å². The monoisotopic (exact) mass is 194 g/mol. The molecule has 0 bridgehead atoms. The van der Waals surface area contributed by atoms with Gasteiger partial charge in [0.25, 0.3) is 5.88 Å². The van der Waals surface area contributed by atoms with Gasteiger partial charge in [0.05, 0.1) is 6.20 Å². The Balaban J connectivity index is 2.60. The van der Waals surface area contributed by atoms with Crippen molar-refractivity contribution in [2.75, 3.05) is 6.61 Å². The van der Waals surface area contributed by atoms with E-state index in [9.17, 15) is 17.6 Å². The number of hydrogen-bond donors (Lipinski definition) is 0. The summed E-state index contributed by atoms with van der Waals surface area (Å²) in [5.74, 6) is -1.64. The molecule has 0 aliphatic heterocycles. The lowest BCUT2D eigenvalue weighted by Gasteiger charge is -2.07. The van der Waals surface area contributed by atoms with Gasteiger partial charge in [-0.3, -0.25) is 0 Å². The summed E-state index contributed by atoms with van der Waals surface area (Å²) in [5, 5.41) is 0. The van der Waals surface area contributed by atoms with Crippen LogP contribution in [0.25, 0.3) is 0 Å². The molecule has 1 radical (unpaired) electrons. The maximum Gasteiger partial charge on any atom is 0.422 e. The van der Waals surface area contributed by atoms with E-state index in [1.807, 2.05) is 0 Å². The third-order valence-electron chi connectivity index (χ3n) is 1.05. The molecule has 2 nitrogen and oxygen atoms in total. The minimum absolute atomic E-state index is 0.695. The predicted octanol–water partition coefficient (Wildman–Crippen LogP) is 1.96. The molecule has 0 saturated carbocycles. The highest BCUT2D eigenvalue weighted by Crippen LogP contribution is 2.18. The quantitative estimate of drug-likeness (QED) is 0.671. The standard InChI is InChI=1S/C7H4F4NO/c8-5-2-1-3-12-6(5)13-4-7(9,10)11/h1-2H,4H2. The molecule has 0 aliphatic rings. The lowest BCUT2D eigenvalue weighted by Crippen LogP contribution is -2.20. The molecule has 13 heavy (non-hydrogen) atoms. The van der Waals surface area contributed by atoms with Crippen molar-refractivity contribution in [2.45, 2.75) is 6.18 Å². The predicted molar refractivity (Wildman–Crippen MR) is 34.6 cm³/mol. The van der Waals surface area contributed by atoms with Crippen LogP contribution >= 0.6 is 0 Å². The molecule has 0 unspecified atom stereocenters. The van der Waals surface area contributed by atoms with Gasteiger partial charge in [-0.05, 0) is 12.1 Å². The normalized spacial score (nSPS) is 11.4. The van der Waals surface area contributed by atoms with Crippen LogP contribution in [0, 0.1) is 12.0 Å². The maximum absolute atomic E-state index is 12.6. The van der Waals surface area contributed by atoms with E-state index >= 15 is 0 Å². The molecule has 0 amide bonds. The SMILES string of the molecule is Fc1cc[c]nc1OCC(F)(F)F. The van der Waals surface area contributed by atoms with Crippen LogP contribution in [-0.4, -0.2) is 17.8 Å². The Morgan fingerprint density at radius 2 is 2.15 bits per heavy atom. The number of hydrogen-bond acceptors (Lipinski definition) is 2. The van der Waals surface area contributed by atoms with E-state index in [0.717, 1.165) is 12.1 Å². The van der Waals surface area contributed by atoms with Gasteiger partial charge in [-0.15, -0.1) is 0 Å². The molecular weight excluding hydrogens is 190 g/mol. The molecule has 1 heterocycles. The van der Waals surface area contributed by atoms with Gasteiger partial charge in [0, 0.05) is 0 Å². The van der Waals surface area contributed by atoms with Crippen LogP contribution in [0.3, 0.4) is 0 Å². The molecule has 0 N–H and O–H groups in total. The van der Waals surface area contributed by atoms with Crippen LogP contribution in [0.15, 0.2) is 12.1 Å². The fourth-order valence-corrected chi connectivity index (χ4v) is 0.582. The van der Waals surface area contributed by atoms with Gasteiger partial charge in [-0.25, -0.2) is 9.37 Å². The largest absolute Gasteiger partial charge is 0.466 e. The van der Waals surface area contributed by atoms with Crippen LogP contribution < -0.4 is 4.74 Å². The summed E-state index contributed by atoms with van der Waals surface area (Å²) in [5.41, 5.74) is 0. The zero-order chi connectivity index (χ0) is 9.90. The first-order chi connectivity index (χ1) is 5.99. The number of aromatic nitrogens is 1. The fourth-order valence-electron chi connectivity index (χ4n) is 0.582. The van der Waals surface area contributed by atoms with Crippen LogP contribution in [0.5, 0.6) is 5.88 Å². The lowest BCUT2D eigenvalue weighted by molar-refractivity contribution is -0.154. The average Bonchev–Trinajstić information content (AvgIpc) is 2.01. The van der Waals surface area contributed by atoms with Gasteiger partial charge in [-0.1, -0.05) is 0 Å². The minimum Gasteiger partial charge on any atom is -0.466 e. The first kappa shape index (κ1) is 9.76. The highest BCUT2D eigenvalue weighted by atomic mass is 19.4. The number of alkyl halides is 3. The van der Waals surface area contributed by atoms with Crippen molar-refractivity contribution in [3.8, 4) is 5.88 Å². The highest BCUT2D eigenvalue weighted by Gasteiger charge is 2.29. The van der Waals surface area contributed by atoms with Crippen molar-refractivity contribution >= 4 is 0 Å². The number of ether oxygens (including phenoxy) is 1. The van der Waals surface area contributed by atoms with Crippen molar-refractivity contribution in [1.82, 2.24) is 4.98 Å². The van der Waals surface area contributed by atoms with Crippen molar-refractivity contribution in [3.05, 3.63) is 24.1 Å². The average molecular weight is 194 g/mol. The van der Waals surface area contributed by atoms with Crippen molar-refractivity contribution in [1.29, 1.82) is 0 Å². The molecule has 0 atom stereocenters. The Hall–Kier alpha value is -1.33. The summed E-state index contributed by atoms with van der Waals surface area (Å²) in [7, 11) is 0. The first-order valence-corrected chi connectivity index (χ1v) is 3.21. The van der Waals surface area contributed by atoms with Gasteiger partial charge in [-0.2, -0.15) is 13.2 Å². The Labute approximate surface area is 71.2 Å². The Morgan fingerprint density at radius 1 is 1.46 bits per heavy atom. The van der Waals surface area contributed by atoms with Gasteiger partial charge < -0.3 is 4.74 Å². The molecule has 0 aliphatic carbocycles. The van der Waals surface area contributed by atoms with E-state index in [1.165, 1.54) is 0 Å². The third kappa shape index (κ3) is 3.27. The topological polar surface area (TPSA) is 22.1 Å². The molecule has 0 fully saturated rings. The summed E-state index contributed by atoms with van der Waals surface area (Å²) < 4.78 is 51.4.